The van der Waals surface area contributed by atoms with Gasteiger partial charge in [-0.25, -0.2) is 0 Å². The third kappa shape index (κ3) is 2.86. The number of carbonyl (C=O) groups is 1. The van der Waals surface area contributed by atoms with Crippen LogP contribution in [0.15, 0.2) is 57.2 Å². The molecule has 3 heterocycles. The van der Waals surface area contributed by atoms with Gasteiger partial charge in [0.05, 0.1) is 18.2 Å². The molecule has 4 rings (SSSR count). The second kappa shape index (κ2) is 5.98. The van der Waals surface area contributed by atoms with Crippen LogP contribution in [0.4, 0.5) is 0 Å². The van der Waals surface area contributed by atoms with Crippen LogP contribution in [-0.4, -0.2) is 10.8 Å². The van der Waals surface area contributed by atoms with E-state index in [0.29, 0.717) is 13.1 Å². The molecule has 0 unspecified atom stereocenters. The zero-order valence-corrected chi connectivity index (χ0v) is 14.2. The van der Waals surface area contributed by atoms with Gasteiger partial charge in [0, 0.05) is 11.4 Å². The van der Waals surface area contributed by atoms with Gasteiger partial charge in [-0.3, -0.25) is 4.79 Å². The van der Waals surface area contributed by atoms with Crippen molar-refractivity contribution in [2.45, 2.75) is 31.3 Å². The van der Waals surface area contributed by atoms with Gasteiger partial charge in [-0.05, 0) is 58.8 Å². The molecule has 0 aromatic carbocycles. The Bertz CT molecular complexity index is 720. The maximum atomic E-state index is 13.3. The topological polar surface area (TPSA) is 33.5 Å². The van der Waals surface area contributed by atoms with Gasteiger partial charge in [0.15, 0.2) is 0 Å². The molecule has 0 radical (unpaired) electrons. The molecular weight excluding hydrogens is 326 g/mol. The van der Waals surface area contributed by atoms with Crippen LogP contribution in [0.25, 0.3) is 0 Å². The Morgan fingerprint density at radius 3 is 2.70 bits per heavy atom. The fourth-order valence-electron chi connectivity index (χ4n) is 2.94. The number of rotatable bonds is 6. The molecule has 1 amide bonds. The summed E-state index contributed by atoms with van der Waals surface area (Å²) in [5.41, 5.74) is 0.883. The van der Waals surface area contributed by atoms with Crippen molar-refractivity contribution < 1.29 is 9.21 Å². The summed E-state index contributed by atoms with van der Waals surface area (Å²) in [6.07, 6.45) is 3.56. The molecule has 0 saturated heterocycles. The quantitative estimate of drug-likeness (QED) is 0.652. The summed E-state index contributed by atoms with van der Waals surface area (Å²) in [5, 5.41) is 6.21. The predicted molar refractivity (Wildman–Crippen MR) is 92.5 cm³/mol. The lowest BCUT2D eigenvalue weighted by Crippen LogP contribution is -2.38. The minimum absolute atomic E-state index is 0.225. The lowest BCUT2D eigenvalue weighted by atomic mass is 10.0. The third-order valence-electron chi connectivity index (χ3n) is 4.32. The van der Waals surface area contributed by atoms with Crippen LogP contribution in [-0.2, 0) is 23.3 Å². The Balaban J connectivity index is 1.60. The standard InChI is InChI=1S/C18H17NO2S2/c20-17(18(6-7-18)16-4-2-9-23-16)19(11-14-5-10-22-13-14)12-15-3-1-8-21-15/h1-5,8-10,13H,6-7,11-12H2. The zero-order valence-electron chi connectivity index (χ0n) is 12.6. The lowest BCUT2D eigenvalue weighted by Gasteiger charge is -2.26. The summed E-state index contributed by atoms with van der Waals surface area (Å²) >= 11 is 3.35. The average Bonchev–Trinajstić information content (AvgIpc) is 3.07. The van der Waals surface area contributed by atoms with Gasteiger partial charge in [0.2, 0.25) is 5.91 Å². The maximum Gasteiger partial charge on any atom is 0.234 e. The highest BCUT2D eigenvalue weighted by Crippen LogP contribution is 2.51. The first-order chi connectivity index (χ1) is 11.3. The van der Waals surface area contributed by atoms with E-state index in [1.807, 2.05) is 23.1 Å². The first kappa shape index (κ1) is 14.7. The highest BCUT2D eigenvalue weighted by Gasteiger charge is 2.53. The van der Waals surface area contributed by atoms with Gasteiger partial charge in [0.25, 0.3) is 0 Å². The van der Waals surface area contributed by atoms with Crippen LogP contribution < -0.4 is 0 Å². The van der Waals surface area contributed by atoms with Crippen LogP contribution in [0.5, 0.6) is 0 Å². The van der Waals surface area contributed by atoms with Crippen LogP contribution in [0.3, 0.4) is 0 Å². The normalized spacial score (nSPS) is 15.5. The third-order valence-corrected chi connectivity index (χ3v) is 6.13. The second-order valence-electron chi connectivity index (χ2n) is 5.93. The van der Waals surface area contributed by atoms with E-state index < -0.39 is 0 Å². The molecule has 23 heavy (non-hydrogen) atoms. The van der Waals surface area contributed by atoms with Crippen molar-refractivity contribution in [1.29, 1.82) is 0 Å². The molecule has 0 bridgehead atoms. The fraction of sp³-hybridized carbons (Fsp3) is 0.278. The van der Waals surface area contributed by atoms with Crippen molar-refractivity contribution in [2.75, 3.05) is 0 Å². The molecular formula is C18H17NO2S2. The fourth-order valence-corrected chi connectivity index (χ4v) is 4.58. The van der Waals surface area contributed by atoms with E-state index in [0.717, 1.165) is 18.6 Å². The molecule has 118 valence electrons. The molecule has 0 spiro atoms. The minimum atomic E-state index is -0.295. The van der Waals surface area contributed by atoms with Gasteiger partial charge in [0.1, 0.15) is 5.76 Å². The monoisotopic (exact) mass is 343 g/mol. The smallest absolute Gasteiger partial charge is 0.234 e. The molecule has 0 aliphatic heterocycles. The molecule has 3 aromatic rings. The van der Waals surface area contributed by atoms with Crippen LogP contribution in [0, 0.1) is 0 Å². The molecule has 0 atom stereocenters. The molecule has 1 saturated carbocycles. The predicted octanol–water partition coefficient (Wildman–Crippen LogP) is 4.66. The number of thiophene rings is 2. The number of amides is 1. The van der Waals surface area contributed by atoms with E-state index in [4.69, 9.17) is 4.42 Å². The lowest BCUT2D eigenvalue weighted by molar-refractivity contribution is -0.135. The number of furan rings is 1. The van der Waals surface area contributed by atoms with Crippen LogP contribution in [0.1, 0.15) is 29.0 Å². The van der Waals surface area contributed by atoms with Gasteiger partial charge < -0.3 is 9.32 Å². The van der Waals surface area contributed by atoms with E-state index in [1.165, 1.54) is 10.4 Å². The number of carbonyl (C=O) groups excluding carboxylic acids is 1. The molecule has 3 aromatic heterocycles. The summed E-state index contributed by atoms with van der Waals surface area (Å²) < 4.78 is 5.47. The van der Waals surface area contributed by atoms with Gasteiger partial charge in [-0.2, -0.15) is 11.3 Å². The summed E-state index contributed by atoms with van der Waals surface area (Å²) in [4.78, 5) is 16.4. The van der Waals surface area contributed by atoms with Crippen molar-refractivity contribution in [2.24, 2.45) is 0 Å². The molecule has 1 aliphatic carbocycles. The van der Waals surface area contributed by atoms with Gasteiger partial charge in [-0.1, -0.05) is 6.07 Å². The first-order valence-electron chi connectivity index (χ1n) is 7.65. The van der Waals surface area contributed by atoms with Gasteiger partial charge in [-0.15, -0.1) is 11.3 Å². The minimum Gasteiger partial charge on any atom is -0.467 e. The second-order valence-corrected chi connectivity index (χ2v) is 7.66. The van der Waals surface area contributed by atoms with Gasteiger partial charge >= 0.3 is 0 Å². The van der Waals surface area contributed by atoms with Crippen LogP contribution in [0.2, 0.25) is 0 Å². The largest absolute Gasteiger partial charge is 0.467 e. The molecule has 3 nitrogen and oxygen atoms in total. The highest BCUT2D eigenvalue weighted by molar-refractivity contribution is 7.10. The van der Waals surface area contributed by atoms with Crippen molar-refractivity contribution in [3.8, 4) is 0 Å². The molecule has 5 heteroatoms. The first-order valence-corrected chi connectivity index (χ1v) is 9.47. The van der Waals surface area contributed by atoms with Crippen molar-refractivity contribution in [3.63, 3.8) is 0 Å². The van der Waals surface area contributed by atoms with E-state index in [9.17, 15) is 4.79 Å². The van der Waals surface area contributed by atoms with E-state index in [2.05, 4.69) is 28.3 Å². The maximum absolute atomic E-state index is 13.3. The Morgan fingerprint density at radius 1 is 1.17 bits per heavy atom. The van der Waals surface area contributed by atoms with Crippen molar-refractivity contribution in [1.82, 2.24) is 4.90 Å². The Morgan fingerprint density at radius 2 is 2.09 bits per heavy atom. The summed E-state index contributed by atoms with van der Waals surface area (Å²) in [5.74, 6) is 1.05. The molecule has 0 N–H and O–H groups in total. The Hall–Kier alpha value is -1.85. The summed E-state index contributed by atoms with van der Waals surface area (Å²) in [6.45, 7) is 1.16. The van der Waals surface area contributed by atoms with Crippen molar-refractivity contribution >= 4 is 28.6 Å². The van der Waals surface area contributed by atoms with E-state index in [1.54, 1.807) is 28.9 Å². The number of hydrogen-bond acceptors (Lipinski definition) is 4. The number of nitrogens with zero attached hydrogens (tertiary/aromatic N) is 1. The highest BCUT2D eigenvalue weighted by atomic mass is 32.1. The summed E-state index contributed by atoms with van der Waals surface area (Å²) in [6, 6.07) is 10.00. The SMILES string of the molecule is O=C(N(Cc1ccsc1)Cc1ccco1)C1(c2cccs2)CC1. The van der Waals surface area contributed by atoms with E-state index in [-0.39, 0.29) is 11.3 Å². The van der Waals surface area contributed by atoms with Crippen molar-refractivity contribution in [3.05, 3.63) is 68.9 Å². The average molecular weight is 343 g/mol. The summed E-state index contributed by atoms with van der Waals surface area (Å²) in [7, 11) is 0. The zero-order chi connectivity index (χ0) is 15.7. The Kier molecular flexibility index (Phi) is 3.83. The number of hydrogen-bond donors (Lipinski definition) is 0. The van der Waals surface area contributed by atoms with Crippen LogP contribution >= 0.6 is 22.7 Å². The molecule has 1 fully saturated rings. The Labute approximate surface area is 143 Å². The molecule has 1 aliphatic rings. The van der Waals surface area contributed by atoms with E-state index >= 15 is 0 Å².